The van der Waals surface area contributed by atoms with E-state index < -0.39 is 11.8 Å². The van der Waals surface area contributed by atoms with Crippen molar-refractivity contribution in [3.63, 3.8) is 0 Å². The third kappa shape index (κ3) is 3.54. The Hall–Kier alpha value is -2.14. The molecule has 0 aliphatic heterocycles. The summed E-state index contributed by atoms with van der Waals surface area (Å²) in [6.45, 7) is 4.25. The van der Waals surface area contributed by atoms with E-state index in [0.29, 0.717) is 12.2 Å². The first-order valence-electron chi connectivity index (χ1n) is 7.47. The van der Waals surface area contributed by atoms with Crippen molar-refractivity contribution in [1.82, 2.24) is 4.57 Å². The molecule has 0 unspecified atom stereocenters. The van der Waals surface area contributed by atoms with Crippen molar-refractivity contribution in [1.29, 1.82) is 0 Å². The van der Waals surface area contributed by atoms with Crippen molar-refractivity contribution < 1.29 is 19.1 Å². The molecule has 5 heteroatoms. The number of hydrogen-bond donors (Lipinski definition) is 0. The van der Waals surface area contributed by atoms with Gasteiger partial charge in [-0.15, -0.1) is 0 Å². The summed E-state index contributed by atoms with van der Waals surface area (Å²) in [5.74, 6) is -1.45. The quantitative estimate of drug-likeness (QED) is 0.326. The van der Waals surface area contributed by atoms with Crippen LogP contribution in [0.5, 0.6) is 0 Å². The lowest BCUT2D eigenvalue weighted by Gasteiger charge is -2.05. The van der Waals surface area contributed by atoms with Crippen LogP contribution in [-0.4, -0.2) is 36.6 Å². The van der Waals surface area contributed by atoms with Gasteiger partial charge in [-0.3, -0.25) is 4.79 Å². The number of esters is 1. The van der Waals surface area contributed by atoms with E-state index in [2.05, 4.69) is 11.7 Å². The number of fused-ring (bicyclic) bond motifs is 1. The molecular weight excluding hydrogens is 282 g/mol. The molecule has 1 aromatic heterocycles. The van der Waals surface area contributed by atoms with Crippen LogP contribution in [0.25, 0.3) is 10.9 Å². The van der Waals surface area contributed by atoms with E-state index in [1.54, 1.807) is 6.20 Å². The van der Waals surface area contributed by atoms with Gasteiger partial charge in [0.05, 0.1) is 12.7 Å². The first-order chi connectivity index (χ1) is 10.7. The molecule has 1 heterocycles. The number of nitrogens with zero attached hydrogens (tertiary/aromatic N) is 1. The van der Waals surface area contributed by atoms with Gasteiger partial charge < -0.3 is 14.0 Å². The highest BCUT2D eigenvalue weighted by Crippen LogP contribution is 2.22. The number of methoxy groups -OCH3 is 1. The molecule has 0 spiro atoms. The van der Waals surface area contributed by atoms with Crippen LogP contribution in [0.15, 0.2) is 30.5 Å². The molecule has 0 aliphatic rings. The fourth-order valence-corrected chi connectivity index (χ4v) is 2.40. The molecule has 1 aromatic carbocycles. The number of para-hydroxylation sites is 1. The zero-order valence-corrected chi connectivity index (χ0v) is 13.0. The highest BCUT2D eigenvalue weighted by molar-refractivity contribution is 6.42. The van der Waals surface area contributed by atoms with Crippen LogP contribution in [0, 0.1) is 0 Å². The predicted octanol–water partition coefficient (Wildman–Crippen LogP) is 2.81. The topological polar surface area (TPSA) is 57.5 Å². The molecule has 22 heavy (non-hydrogen) atoms. The fraction of sp³-hybridized carbons (Fsp3) is 0.412. The zero-order valence-electron chi connectivity index (χ0n) is 13.0. The first-order valence-corrected chi connectivity index (χ1v) is 7.47. The van der Waals surface area contributed by atoms with E-state index in [1.165, 1.54) is 7.11 Å². The van der Waals surface area contributed by atoms with Crippen molar-refractivity contribution in [2.75, 3.05) is 20.3 Å². The molecule has 0 N–H and O–H groups in total. The van der Waals surface area contributed by atoms with E-state index in [1.807, 2.05) is 28.8 Å². The number of carbonyl (C=O) groups is 2. The van der Waals surface area contributed by atoms with Gasteiger partial charge in [-0.1, -0.05) is 25.1 Å². The summed E-state index contributed by atoms with van der Waals surface area (Å²) in [5.41, 5.74) is 1.32. The van der Waals surface area contributed by atoms with Crippen molar-refractivity contribution in [2.45, 2.75) is 26.3 Å². The van der Waals surface area contributed by atoms with Gasteiger partial charge in [0.15, 0.2) is 0 Å². The summed E-state index contributed by atoms with van der Waals surface area (Å²) >= 11 is 0. The Labute approximate surface area is 129 Å². The monoisotopic (exact) mass is 303 g/mol. The van der Waals surface area contributed by atoms with E-state index >= 15 is 0 Å². The second kappa shape index (κ2) is 7.75. The number of carbonyl (C=O) groups excluding carboxylic acids is 2. The number of rotatable bonds is 8. The number of ketones is 1. The Morgan fingerprint density at radius 3 is 2.68 bits per heavy atom. The van der Waals surface area contributed by atoms with E-state index in [-0.39, 0.29) is 0 Å². The lowest BCUT2D eigenvalue weighted by Crippen LogP contribution is -2.15. The maximum atomic E-state index is 12.1. The highest BCUT2D eigenvalue weighted by Gasteiger charge is 2.21. The van der Waals surface area contributed by atoms with Crippen molar-refractivity contribution in [3.8, 4) is 0 Å². The van der Waals surface area contributed by atoms with Crippen molar-refractivity contribution in [3.05, 3.63) is 36.0 Å². The van der Waals surface area contributed by atoms with E-state index in [0.717, 1.165) is 36.9 Å². The first kappa shape index (κ1) is 16.2. The maximum absolute atomic E-state index is 12.1. The maximum Gasteiger partial charge on any atom is 0.379 e. The summed E-state index contributed by atoms with van der Waals surface area (Å²) in [6.07, 6.45) is 3.58. The number of aromatic nitrogens is 1. The number of Topliss-reactive ketones (excluding diaryl/α,β-unsaturated/α-hetero) is 1. The van der Waals surface area contributed by atoms with Crippen LogP contribution in [0.1, 0.15) is 30.1 Å². The Balaban J connectivity index is 2.20. The SMILES string of the molecule is CCCOCCCn1cc(C(=O)C(=O)OC)c2ccccc21. The molecule has 2 aromatic rings. The molecule has 0 saturated heterocycles. The summed E-state index contributed by atoms with van der Waals surface area (Å²) in [5, 5.41) is 0.771. The predicted molar refractivity (Wildman–Crippen MR) is 84.0 cm³/mol. The largest absolute Gasteiger partial charge is 0.463 e. The standard InChI is InChI=1S/C17H21NO4/c1-3-10-22-11-6-9-18-12-14(16(19)17(20)21-2)13-7-4-5-8-15(13)18/h4-5,7-8,12H,3,6,9-11H2,1-2H3. The number of aryl methyl sites for hydroxylation is 1. The average molecular weight is 303 g/mol. The summed E-state index contributed by atoms with van der Waals surface area (Å²) in [4.78, 5) is 23.6. The highest BCUT2D eigenvalue weighted by atomic mass is 16.5. The molecule has 0 fully saturated rings. The smallest absolute Gasteiger partial charge is 0.379 e. The van der Waals surface area contributed by atoms with Gasteiger partial charge in [-0.2, -0.15) is 0 Å². The van der Waals surface area contributed by atoms with Gasteiger partial charge >= 0.3 is 5.97 Å². The minimum Gasteiger partial charge on any atom is -0.463 e. The Kier molecular flexibility index (Phi) is 5.72. The molecule has 0 bridgehead atoms. The van der Waals surface area contributed by atoms with Crippen LogP contribution >= 0.6 is 0 Å². The van der Waals surface area contributed by atoms with Crippen LogP contribution in [0.2, 0.25) is 0 Å². The third-order valence-corrected chi connectivity index (χ3v) is 3.44. The Morgan fingerprint density at radius 2 is 1.95 bits per heavy atom. The summed E-state index contributed by atoms with van der Waals surface area (Å²) in [6, 6.07) is 7.55. The van der Waals surface area contributed by atoms with Crippen LogP contribution < -0.4 is 0 Å². The lowest BCUT2D eigenvalue weighted by atomic mass is 10.1. The molecule has 118 valence electrons. The molecule has 0 saturated carbocycles. The van der Waals surface area contributed by atoms with Gasteiger partial charge in [-0.25, -0.2) is 4.79 Å². The second-order valence-electron chi connectivity index (χ2n) is 5.04. The van der Waals surface area contributed by atoms with E-state index in [9.17, 15) is 9.59 Å². The lowest BCUT2D eigenvalue weighted by molar-refractivity contribution is -0.135. The van der Waals surface area contributed by atoms with Gasteiger partial charge in [0.25, 0.3) is 5.78 Å². The normalized spacial score (nSPS) is 10.8. The average Bonchev–Trinajstić information content (AvgIpc) is 2.92. The Bertz CT molecular complexity index is 660. The molecule has 0 aliphatic carbocycles. The van der Waals surface area contributed by atoms with Gasteiger partial charge in [0.2, 0.25) is 0 Å². The van der Waals surface area contributed by atoms with Crippen LogP contribution in [0.3, 0.4) is 0 Å². The summed E-state index contributed by atoms with van der Waals surface area (Å²) in [7, 11) is 1.21. The minimum atomic E-state index is -0.839. The second-order valence-corrected chi connectivity index (χ2v) is 5.04. The van der Waals surface area contributed by atoms with E-state index in [4.69, 9.17) is 4.74 Å². The number of hydrogen-bond acceptors (Lipinski definition) is 4. The van der Waals surface area contributed by atoms with Crippen molar-refractivity contribution in [2.24, 2.45) is 0 Å². The molecular formula is C17H21NO4. The minimum absolute atomic E-state index is 0.386. The van der Waals surface area contributed by atoms with Gasteiger partial charge in [0, 0.05) is 36.9 Å². The van der Waals surface area contributed by atoms with Crippen molar-refractivity contribution >= 4 is 22.7 Å². The molecule has 5 nitrogen and oxygen atoms in total. The van der Waals surface area contributed by atoms with Crippen LogP contribution in [-0.2, 0) is 20.8 Å². The summed E-state index contributed by atoms with van der Waals surface area (Å²) < 4.78 is 12.0. The zero-order chi connectivity index (χ0) is 15.9. The number of ether oxygens (including phenoxy) is 2. The fourth-order valence-electron chi connectivity index (χ4n) is 2.40. The van der Waals surface area contributed by atoms with Gasteiger partial charge in [0.1, 0.15) is 0 Å². The Morgan fingerprint density at radius 1 is 1.18 bits per heavy atom. The van der Waals surface area contributed by atoms with Gasteiger partial charge in [-0.05, 0) is 18.9 Å². The number of benzene rings is 1. The van der Waals surface area contributed by atoms with Crippen LogP contribution in [0.4, 0.5) is 0 Å². The molecule has 2 rings (SSSR count). The third-order valence-electron chi connectivity index (χ3n) is 3.44. The molecule has 0 atom stereocenters. The molecule has 0 radical (unpaired) electrons. The molecule has 0 amide bonds.